The average molecular weight is 264 g/mol. The van der Waals surface area contributed by atoms with Gasteiger partial charge in [0.05, 0.1) is 19.8 Å². The Bertz CT molecular complexity index is 496. The highest BCUT2D eigenvalue weighted by molar-refractivity contribution is 5.88. The third-order valence-electron chi connectivity index (χ3n) is 3.52. The lowest BCUT2D eigenvalue weighted by Gasteiger charge is -2.14. The Morgan fingerprint density at radius 1 is 1.32 bits per heavy atom. The van der Waals surface area contributed by atoms with Crippen LogP contribution in [0.2, 0.25) is 0 Å². The molecule has 1 saturated carbocycles. The third-order valence-corrected chi connectivity index (χ3v) is 3.52. The Morgan fingerprint density at radius 3 is 2.42 bits per heavy atom. The van der Waals surface area contributed by atoms with Crippen LogP contribution in [0.3, 0.4) is 0 Å². The zero-order chi connectivity index (χ0) is 14.0. The summed E-state index contributed by atoms with van der Waals surface area (Å²) in [5.74, 6) is 1.26. The summed E-state index contributed by atoms with van der Waals surface area (Å²) >= 11 is 0. The van der Waals surface area contributed by atoms with Crippen molar-refractivity contribution < 1.29 is 14.3 Å². The van der Waals surface area contributed by atoms with Crippen LogP contribution in [0.5, 0.6) is 11.5 Å². The molecule has 3 N–H and O–H groups in total. The van der Waals surface area contributed by atoms with Crippen LogP contribution in [0.25, 0.3) is 0 Å². The molecule has 0 unspecified atom stereocenters. The van der Waals surface area contributed by atoms with Gasteiger partial charge in [-0.1, -0.05) is 0 Å². The van der Waals surface area contributed by atoms with E-state index in [0.717, 1.165) is 24.0 Å². The zero-order valence-electron chi connectivity index (χ0n) is 11.6. The van der Waals surface area contributed by atoms with Crippen molar-refractivity contribution in [3.05, 3.63) is 23.3 Å². The van der Waals surface area contributed by atoms with E-state index in [1.165, 1.54) is 0 Å². The van der Waals surface area contributed by atoms with Crippen LogP contribution in [0.1, 0.15) is 24.0 Å². The molecule has 0 atom stereocenters. The summed E-state index contributed by atoms with van der Waals surface area (Å²) in [7, 11) is 3.19. The summed E-state index contributed by atoms with van der Waals surface area (Å²) in [6.45, 7) is 2.42. The van der Waals surface area contributed by atoms with E-state index in [0.29, 0.717) is 18.0 Å². The largest absolute Gasteiger partial charge is 0.493 e. The standard InChI is InChI=1S/C14H20N2O3/c1-9-6-11(18-2)12(19-3)7-10(9)8-16-13(17)14(15)4-5-14/h6-7H,4-5,8,15H2,1-3H3,(H,16,17). The molecule has 1 aromatic carbocycles. The quantitative estimate of drug-likeness (QED) is 0.836. The molecule has 0 aliphatic heterocycles. The fourth-order valence-corrected chi connectivity index (χ4v) is 1.93. The smallest absolute Gasteiger partial charge is 0.240 e. The predicted molar refractivity (Wildman–Crippen MR) is 72.3 cm³/mol. The second-order valence-electron chi connectivity index (χ2n) is 4.97. The Kier molecular flexibility index (Phi) is 3.66. The maximum Gasteiger partial charge on any atom is 0.240 e. The van der Waals surface area contributed by atoms with Crippen LogP contribution in [0, 0.1) is 6.92 Å². The number of carbonyl (C=O) groups is 1. The maximum atomic E-state index is 11.8. The van der Waals surface area contributed by atoms with Gasteiger partial charge in [-0.05, 0) is 43.0 Å². The molecule has 1 aliphatic rings. The molecule has 1 amide bonds. The van der Waals surface area contributed by atoms with Crippen LogP contribution in [0.15, 0.2) is 12.1 Å². The number of hydrogen-bond donors (Lipinski definition) is 2. The zero-order valence-corrected chi connectivity index (χ0v) is 11.6. The predicted octanol–water partition coefficient (Wildman–Crippen LogP) is 1.12. The SMILES string of the molecule is COc1cc(C)c(CNC(=O)C2(N)CC2)cc1OC. The van der Waals surface area contributed by atoms with Crippen LogP contribution in [-0.2, 0) is 11.3 Å². The van der Waals surface area contributed by atoms with Gasteiger partial charge in [-0.25, -0.2) is 0 Å². The lowest BCUT2D eigenvalue weighted by molar-refractivity contribution is -0.123. The molecule has 0 aromatic heterocycles. The number of carbonyl (C=O) groups excluding carboxylic acids is 1. The first kappa shape index (κ1) is 13.7. The van der Waals surface area contributed by atoms with Crippen LogP contribution in [-0.4, -0.2) is 25.7 Å². The minimum atomic E-state index is -0.634. The van der Waals surface area contributed by atoms with E-state index in [2.05, 4.69) is 5.32 Å². The van der Waals surface area contributed by atoms with Crippen molar-refractivity contribution in [1.82, 2.24) is 5.32 Å². The van der Waals surface area contributed by atoms with E-state index in [9.17, 15) is 4.79 Å². The minimum Gasteiger partial charge on any atom is -0.493 e. The van der Waals surface area contributed by atoms with Gasteiger partial charge in [-0.2, -0.15) is 0 Å². The Labute approximate surface area is 113 Å². The molecule has 0 heterocycles. The summed E-state index contributed by atoms with van der Waals surface area (Å²) in [5.41, 5.74) is 7.24. The van der Waals surface area contributed by atoms with E-state index >= 15 is 0 Å². The van der Waals surface area contributed by atoms with Gasteiger partial charge in [0, 0.05) is 6.54 Å². The maximum absolute atomic E-state index is 11.8. The summed E-state index contributed by atoms with van der Waals surface area (Å²) < 4.78 is 10.5. The lowest BCUT2D eigenvalue weighted by atomic mass is 10.1. The molecule has 0 radical (unpaired) electrons. The van der Waals surface area contributed by atoms with Crippen molar-refractivity contribution in [2.45, 2.75) is 31.8 Å². The van der Waals surface area contributed by atoms with Crippen LogP contribution in [0.4, 0.5) is 0 Å². The highest BCUT2D eigenvalue weighted by atomic mass is 16.5. The summed E-state index contributed by atoms with van der Waals surface area (Å²) in [4.78, 5) is 11.8. The lowest BCUT2D eigenvalue weighted by Crippen LogP contribution is -2.42. The van der Waals surface area contributed by atoms with Gasteiger partial charge in [0.2, 0.25) is 5.91 Å². The first-order valence-electron chi connectivity index (χ1n) is 6.29. The summed E-state index contributed by atoms with van der Waals surface area (Å²) in [5, 5.41) is 2.87. The molecule has 2 rings (SSSR count). The summed E-state index contributed by atoms with van der Waals surface area (Å²) in [6, 6.07) is 3.78. The fraction of sp³-hybridized carbons (Fsp3) is 0.500. The van der Waals surface area contributed by atoms with Crippen LogP contribution >= 0.6 is 0 Å². The van der Waals surface area contributed by atoms with Crippen LogP contribution < -0.4 is 20.5 Å². The molecular weight excluding hydrogens is 244 g/mol. The third kappa shape index (κ3) is 2.81. The number of amides is 1. The molecule has 0 spiro atoms. The highest BCUT2D eigenvalue weighted by Gasteiger charge is 2.45. The van der Waals surface area contributed by atoms with Crippen molar-refractivity contribution in [3.63, 3.8) is 0 Å². The van der Waals surface area contributed by atoms with E-state index < -0.39 is 5.54 Å². The number of nitrogens with two attached hydrogens (primary N) is 1. The normalized spacial score (nSPS) is 15.8. The first-order chi connectivity index (χ1) is 9.00. The van der Waals surface area contributed by atoms with E-state index in [-0.39, 0.29) is 5.91 Å². The molecule has 1 aliphatic carbocycles. The van der Waals surface area contributed by atoms with Gasteiger partial charge in [0.15, 0.2) is 11.5 Å². The number of nitrogens with one attached hydrogen (secondary N) is 1. The molecule has 5 heteroatoms. The molecule has 5 nitrogen and oxygen atoms in total. The van der Waals surface area contributed by atoms with E-state index in [1.807, 2.05) is 19.1 Å². The Morgan fingerprint density at radius 2 is 1.89 bits per heavy atom. The molecule has 19 heavy (non-hydrogen) atoms. The molecule has 0 saturated heterocycles. The minimum absolute atomic E-state index is 0.0818. The van der Waals surface area contributed by atoms with Crippen molar-refractivity contribution in [1.29, 1.82) is 0 Å². The number of rotatable bonds is 5. The van der Waals surface area contributed by atoms with Gasteiger partial charge in [-0.15, -0.1) is 0 Å². The van der Waals surface area contributed by atoms with Crippen molar-refractivity contribution in [3.8, 4) is 11.5 Å². The Balaban J connectivity index is 2.09. The van der Waals surface area contributed by atoms with Gasteiger partial charge < -0.3 is 20.5 Å². The second kappa shape index (κ2) is 5.09. The fourth-order valence-electron chi connectivity index (χ4n) is 1.93. The number of methoxy groups -OCH3 is 2. The second-order valence-corrected chi connectivity index (χ2v) is 4.97. The number of aryl methyl sites for hydroxylation is 1. The molecule has 104 valence electrons. The first-order valence-corrected chi connectivity index (χ1v) is 6.29. The number of ether oxygens (including phenoxy) is 2. The topological polar surface area (TPSA) is 73.6 Å². The average Bonchev–Trinajstić information content (AvgIpc) is 3.15. The Hall–Kier alpha value is -1.75. The van der Waals surface area contributed by atoms with Gasteiger partial charge in [0.25, 0.3) is 0 Å². The molecule has 0 bridgehead atoms. The van der Waals surface area contributed by atoms with Crippen molar-refractivity contribution >= 4 is 5.91 Å². The van der Waals surface area contributed by atoms with E-state index in [1.54, 1.807) is 14.2 Å². The molecule has 1 aromatic rings. The number of benzene rings is 1. The van der Waals surface area contributed by atoms with Gasteiger partial charge in [-0.3, -0.25) is 4.79 Å². The number of hydrogen-bond acceptors (Lipinski definition) is 4. The summed E-state index contributed by atoms with van der Waals surface area (Å²) in [6.07, 6.45) is 1.54. The monoisotopic (exact) mass is 264 g/mol. The van der Waals surface area contributed by atoms with Gasteiger partial charge >= 0.3 is 0 Å². The molecular formula is C14H20N2O3. The van der Waals surface area contributed by atoms with Crippen molar-refractivity contribution in [2.24, 2.45) is 5.73 Å². The molecule has 1 fully saturated rings. The van der Waals surface area contributed by atoms with Gasteiger partial charge in [0.1, 0.15) is 0 Å². The highest BCUT2D eigenvalue weighted by Crippen LogP contribution is 2.33. The van der Waals surface area contributed by atoms with Crippen molar-refractivity contribution in [2.75, 3.05) is 14.2 Å². The van der Waals surface area contributed by atoms with E-state index in [4.69, 9.17) is 15.2 Å².